The third kappa shape index (κ3) is 4.47. The number of rotatable bonds is 5. The summed E-state index contributed by atoms with van der Waals surface area (Å²) in [6.45, 7) is -2.92. The van der Waals surface area contributed by atoms with Gasteiger partial charge in [-0.25, -0.2) is 4.39 Å². The van der Waals surface area contributed by atoms with E-state index < -0.39 is 12.4 Å². The number of hydrogen-bond donors (Lipinski definition) is 1. The number of alkyl halides is 2. The van der Waals surface area contributed by atoms with Crippen molar-refractivity contribution in [2.24, 2.45) is 0 Å². The van der Waals surface area contributed by atoms with E-state index >= 15 is 0 Å². The molecular formula is C14H11ClF3NOS. The Morgan fingerprint density at radius 1 is 1.19 bits per heavy atom. The normalized spacial score (nSPS) is 10.9. The molecule has 0 aromatic heterocycles. The van der Waals surface area contributed by atoms with E-state index in [2.05, 4.69) is 4.74 Å². The van der Waals surface area contributed by atoms with E-state index in [9.17, 15) is 13.2 Å². The van der Waals surface area contributed by atoms with Crippen LogP contribution in [-0.4, -0.2) is 6.61 Å². The fraction of sp³-hybridized carbons (Fsp3) is 0.143. The van der Waals surface area contributed by atoms with Crippen LogP contribution >= 0.6 is 23.4 Å². The molecule has 112 valence electrons. The van der Waals surface area contributed by atoms with Gasteiger partial charge in [0.05, 0.1) is 0 Å². The molecule has 7 heteroatoms. The minimum atomic E-state index is -2.92. The number of nitrogens with two attached hydrogens (primary N) is 1. The van der Waals surface area contributed by atoms with Crippen molar-refractivity contribution in [3.05, 3.63) is 52.8 Å². The molecular weight excluding hydrogens is 323 g/mol. The van der Waals surface area contributed by atoms with Crippen molar-refractivity contribution in [3.63, 3.8) is 0 Å². The molecule has 0 radical (unpaired) electrons. The van der Waals surface area contributed by atoms with Gasteiger partial charge in [0, 0.05) is 26.9 Å². The second-order valence-corrected chi connectivity index (χ2v) is 5.55. The Kier molecular flexibility index (Phi) is 5.25. The van der Waals surface area contributed by atoms with Gasteiger partial charge in [-0.15, -0.1) is 11.8 Å². The molecule has 0 unspecified atom stereocenters. The van der Waals surface area contributed by atoms with Crippen LogP contribution < -0.4 is 10.5 Å². The fourth-order valence-electron chi connectivity index (χ4n) is 1.66. The molecule has 0 aliphatic heterocycles. The molecule has 0 saturated heterocycles. The quantitative estimate of drug-likeness (QED) is 0.620. The summed E-state index contributed by atoms with van der Waals surface area (Å²) >= 11 is 7.07. The highest BCUT2D eigenvalue weighted by molar-refractivity contribution is 7.98. The summed E-state index contributed by atoms with van der Waals surface area (Å²) < 4.78 is 42.3. The molecule has 0 saturated carbocycles. The summed E-state index contributed by atoms with van der Waals surface area (Å²) in [5, 5.41) is 0.402. The van der Waals surface area contributed by atoms with Crippen LogP contribution in [0.5, 0.6) is 5.75 Å². The van der Waals surface area contributed by atoms with Gasteiger partial charge in [0.25, 0.3) is 0 Å². The van der Waals surface area contributed by atoms with Crippen LogP contribution in [0.1, 0.15) is 5.56 Å². The molecule has 0 amide bonds. The highest BCUT2D eigenvalue weighted by Crippen LogP contribution is 2.33. The first kappa shape index (κ1) is 15.9. The summed E-state index contributed by atoms with van der Waals surface area (Å²) in [7, 11) is 0. The first-order chi connectivity index (χ1) is 9.95. The summed E-state index contributed by atoms with van der Waals surface area (Å²) in [5.74, 6) is -0.102. The van der Waals surface area contributed by atoms with Crippen molar-refractivity contribution < 1.29 is 17.9 Å². The van der Waals surface area contributed by atoms with Gasteiger partial charge in [-0.3, -0.25) is 0 Å². The SMILES string of the molecule is Nc1ccc(F)cc1SCc1cc(Cl)ccc1OC(F)F. The Hall–Kier alpha value is -1.53. The Morgan fingerprint density at radius 2 is 1.95 bits per heavy atom. The van der Waals surface area contributed by atoms with Crippen LogP contribution in [0.4, 0.5) is 18.9 Å². The number of ether oxygens (including phenoxy) is 1. The molecule has 0 atom stereocenters. The first-order valence-electron chi connectivity index (χ1n) is 5.87. The third-order valence-corrected chi connectivity index (χ3v) is 3.95. The fourth-order valence-corrected chi connectivity index (χ4v) is 2.82. The predicted octanol–water partition coefficient (Wildman–Crippen LogP) is 4.96. The Bertz CT molecular complexity index is 640. The molecule has 21 heavy (non-hydrogen) atoms. The number of nitrogen functional groups attached to an aromatic ring is 1. The lowest BCUT2D eigenvalue weighted by molar-refractivity contribution is -0.0503. The van der Waals surface area contributed by atoms with E-state index in [4.69, 9.17) is 17.3 Å². The lowest BCUT2D eigenvalue weighted by Gasteiger charge is -2.11. The maximum absolute atomic E-state index is 13.2. The summed E-state index contributed by atoms with van der Waals surface area (Å²) in [6.07, 6.45) is 0. The lowest BCUT2D eigenvalue weighted by Crippen LogP contribution is -2.04. The standard InChI is InChI=1S/C14H11ClF3NOS/c15-9-1-4-12(20-14(17)18)8(5-9)7-21-13-6-10(16)2-3-11(13)19/h1-6,14H,7,19H2. The van der Waals surface area contributed by atoms with Gasteiger partial charge >= 0.3 is 6.61 Å². The number of halogens is 4. The lowest BCUT2D eigenvalue weighted by atomic mass is 10.2. The summed E-state index contributed by atoms with van der Waals surface area (Å²) in [4.78, 5) is 0.526. The van der Waals surface area contributed by atoms with Crippen LogP contribution in [0, 0.1) is 5.82 Å². The number of hydrogen-bond acceptors (Lipinski definition) is 3. The van der Waals surface area contributed by atoms with Crippen molar-refractivity contribution in [1.29, 1.82) is 0 Å². The molecule has 2 aromatic rings. The molecule has 0 aliphatic carbocycles. The van der Waals surface area contributed by atoms with Gasteiger partial charge in [-0.2, -0.15) is 8.78 Å². The number of thioether (sulfide) groups is 1. The zero-order valence-corrected chi connectivity index (χ0v) is 12.2. The Balaban J connectivity index is 2.18. The minimum Gasteiger partial charge on any atom is -0.435 e. The van der Waals surface area contributed by atoms with Gasteiger partial charge < -0.3 is 10.5 Å². The van der Waals surface area contributed by atoms with E-state index in [-0.39, 0.29) is 11.5 Å². The molecule has 0 fully saturated rings. The molecule has 2 rings (SSSR count). The van der Waals surface area contributed by atoms with Crippen molar-refractivity contribution in [2.45, 2.75) is 17.3 Å². The van der Waals surface area contributed by atoms with Gasteiger partial charge in [0.2, 0.25) is 0 Å². The van der Waals surface area contributed by atoms with Crippen LogP contribution in [0.15, 0.2) is 41.3 Å². The zero-order valence-electron chi connectivity index (χ0n) is 10.7. The molecule has 2 N–H and O–H groups in total. The number of benzene rings is 2. The van der Waals surface area contributed by atoms with Crippen LogP contribution in [0.2, 0.25) is 5.02 Å². The van der Waals surface area contributed by atoms with Crippen LogP contribution in [0.25, 0.3) is 0 Å². The van der Waals surface area contributed by atoms with E-state index in [1.807, 2.05) is 0 Å². The van der Waals surface area contributed by atoms with Gasteiger partial charge in [-0.05, 0) is 36.4 Å². The molecule has 0 bridgehead atoms. The summed E-state index contributed by atoms with van der Waals surface area (Å²) in [5.41, 5.74) is 6.64. The molecule has 2 aromatic carbocycles. The van der Waals surface area contributed by atoms with Gasteiger partial charge in [0.15, 0.2) is 0 Å². The maximum Gasteiger partial charge on any atom is 0.387 e. The number of anilines is 1. The second-order valence-electron chi connectivity index (χ2n) is 4.10. The smallest absolute Gasteiger partial charge is 0.387 e. The monoisotopic (exact) mass is 333 g/mol. The molecule has 0 heterocycles. The average molecular weight is 334 g/mol. The van der Waals surface area contributed by atoms with Gasteiger partial charge in [0.1, 0.15) is 11.6 Å². The van der Waals surface area contributed by atoms with Crippen molar-refractivity contribution in [3.8, 4) is 5.75 Å². The van der Waals surface area contributed by atoms with E-state index in [0.29, 0.717) is 21.2 Å². The van der Waals surface area contributed by atoms with E-state index in [1.54, 1.807) is 0 Å². The van der Waals surface area contributed by atoms with Crippen LogP contribution in [-0.2, 0) is 5.75 Å². The average Bonchev–Trinajstić information content (AvgIpc) is 2.42. The molecule has 0 aliphatic rings. The van der Waals surface area contributed by atoms with Crippen molar-refractivity contribution >= 4 is 29.1 Å². The van der Waals surface area contributed by atoms with E-state index in [1.165, 1.54) is 48.2 Å². The van der Waals surface area contributed by atoms with Crippen molar-refractivity contribution in [1.82, 2.24) is 0 Å². The van der Waals surface area contributed by atoms with Gasteiger partial charge in [-0.1, -0.05) is 11.6 Å². The van der Waals surface area contributed by atoms with E-state index in [0.717, 1.165) is 0 Å². The largest absolute Gasteiger partial charge is 0.435 e. The van der Waals surface area contributed by atoms with Crippen LogP contribution in [0.3, 0.4) is 0 Å². The topological polar surface area (TPSA) is 35.2 Å². The second kappa shape index (κ2) is 6.95. The third-order valence-electron chi connectivity index (χ3n) is 2.60. The highest BCUT2D eigenvalue weighted by Gasteiger charge is 2.11. The zero-order chi connectivity index (χ0) is 15.4. The molecule has 2 nitrogen and oxygen atoms in total. The Labute approximate surface area is 129 Å². The Morgan fingerprint density at radius 3 is 2.67 bits per heavy atom. The first-order valence-corrected chi connectivity index (χ1v) is 7.23. The predicted molar refractivity (Wildman–Crippen MR) is 78.5 cm³/mol. The summed E-state index contributed by atoms with van der Waals surface area (Å²) in [6, 6.07) is 8.36. The molecule has 0 spiro atoms. The minimum absolute atomic E-state index is 0.0388. The maximum atomic E-state index is 13.2. The van der Waals surface area contributed by atoms with Crippen molar-refractivity contribution in [2.75, 3.05) is 5.73 Å². The highest BCUT2D eigenvalue weighted by atomic mass is 35.5.